The number of ether oxygens (including phenoxy) is 3. The highest BCUT2D eigenvalue weighted by atomic mass is 16.7. The minimum Gasteiger partial charge on any atom is -0.459 e. The second kappa shape index (κ2) is 13.7. The Bertz CT molecular complexity index is 939. The molecule has 0 radical (unpaired) electrons. The van der Waals surface area contributed by atoms with Crippen LogP contribution in [-0.4, -0.2) is 116 Å². The number of ketones is 1. The van der Waals surface area contributed by atoms with Crippen molar-refractivity contribution in [2.45, 2.75) is 129 Å². The van der Waals surface area contributed by atoms with Crippen molar-refractivity contribution in [3.05, 3.63) is 0 Å². The molecule has 2 fully saturated rings. The van der Waals surface area contributed by atoms with Crippen molar-refractivity contribution in [3.63, 3.8) is 0 Å². The van der Waals surface area contributed by atoms with Crippen LogP contribution < -0.4 is 0 Å². The summed E-state index contributed by atoms with van der Waals surface area (Å²) < 4.78 is 17.8. The van der Waals surface area contributed by atoms with Gasteiger partial charge in [0.1, 0.15) is 23.7 Å². The third-order valence-corrected chi connectivity index (χ3v) is 9.01. The SMILES string of the molecule is CC[C@@H]1OC(=O)[C@H](C)C(=O)[C@@H](C)[C@@H](OC2O[C@H](C)CC(N(C)C)[C@H]2O)[C@](C)(O)C[C@@H](C)/C(=N\O)[C@H](C)[C@@H](O)[C@]1(C)O. The van der Waals surface area contributed by atoms with Gasteiger partial charge >= 0.3 is 5.97 Å². The molecular weight excluding hydrogens is 536 g/mol. The van der Waals surface area contributed by atoms with Crippen LogP contribution in [0.2, 0.25) is 0 Å². The molecule has 0 aliphatic carbocycles. The van der Waals surface area contributed by atoms with Gasteiger partial charge in [-0.25, -0.2) is 0 Å². The zero-order valence-corrected chi connectivity index (χ0v) is 26.1. The van der Waals surface area contributed by atoms with Gasteiger partial charge in [-0.05, 0) is 61.1 Å². The molecule has 0 aromatic heterocycles. The predicted molar refractivity (Wildman–Crippen MR) is 150 cm³/mol. The maximum atomic E-state index is 13.7. The predicted octanol–water partition coefficient (Wildman–Crippen LogP) is 1.33. The molecule has 238 valence electrons. The van der Waals surface area contributed by atoms with E-state index in [1.165, 1.54) is 27.7 Å². The van der Waals surface area contributed by atoms with Crippen molar-refractivity contribution in [3.8, 4) is 0 Å². The van der Waals surface area contributed by atoms with Crippen LogP contribution in [0.4, 0.5) is 0 Å². The van der Waals surface area contributed by atoms with E-state index in [1.54, 1.807) is 20.8 Å². The average molecular weight is 589 g/mol. The summed E-state index contributed by atoms with van der Waals surface area (Å²) in [5.41, 5.74) is -3.62. The molecule has 0 amide bonds. The number of aliphatic hydroxyl groups is 4. The molecule has 12 nitrogen and oxygen atoms in total. The zero-order valence-electron chi connectivity index (χ0n) is 26.1. The average Bonchev–Trinajstić information content (AvgIpc) is 2.88. The van der Waals surface area contributed by atoms with Gasteiger partial charge < -0.3 is 44.7 Å². The standard InChI is InChI=1S/C29H52N2O10/c1-11-20-29(8,37)24(34)16(4)21(30-38)14(2)13-28(7,36)25(17(5)22(32)18(6)26(35)40-20)41-27-23(33)19(31(9)10)12-15(3)39-27/h14-20,23-25,27,33-34,36-38H,11-13H2,1-10H3/b30-21+/t14-,15-,16+,17-,18-,19?,20+,23-,24-,25-,27?,28-,29-/m1/s1. The van der Waals surface area contributed by atoms with Crippen molar-refractivity contribution in [2.75, 3.05) is 14.1 Å². The number of rotatable bonds is 4. The number of nitrogens with zero attached hydrogens (tertiary/aromatic N) is 2. The molecule has 13 atom stereocenters. The maximum Gasteiger partial charge on any atom is 0.316 e. The summed E-state index contributed by atoms with van der Waals surface area (Å²) in [5.74, 6) is -5.38. The van der Waals surface area contributed by atoms with Crippen molar-refractivity contribution < 1.29 is 49.4 Å². The first-order valence-electron chi connectivity index (χ1n) is 14.6. The summed E-state index contributed by atoms with van der Waals surface area (Å²) in [4.78, 5) is 28.7. The monoisotopic (exact) mass is 588 g/mol. The molecule has 0 spiro atoms. The number of Topliss-reactive ketones (excluding diaryl/α,β-unsaturated/α-hetero) is 1. The van der Waals surface area contributed by atoms with E-state index in [9.17, 15) is 35.2 Å². The molecule has 0 bridgehead atoms. The number of esters is 1. The fourth-order valence-corrected chi connectivity index (χ4v) is 6.46. The molecule has 2 aliphatic heterocycles. The second-order valence-corrected chi connectivity index (χ2v) is 12.8. The first kappa shape index (κ1) is 35.5. The van der Waals surface area contributed by atoms with E-state index in [1.807, 2.05) is 25.9 Å². The Balaban J connectivity index is 2.60. The maximum absolute atomic E-state index is 13.7. The highest BCUT2D eigenvalue weighted by Crippen LogP contribution is 2.37. The van der Waals surface area contributed by atoms with Gasteiger partial charge in [0.15, 0.2) is 12.1 Å². The van der Waals surface area contributed by atoms with E-state index < -0.39 is 77.3 Å². The van der Waals surface area contributed by atoms with Crippen LogP contribution in [-0.2, 0) is 23.8 Å². The first-order chi connectivity index (χ1) is 18.8. The normalized spacial score (nSPS) is 46.8. The summed E-state index contributed by atoms with van der Waals surface area (Å²) in [7, 11) is 3.65. The molecule has 2 saturated heterocycles. The quantitative estimate of drug-likeness (QED) is 0.138. The summed E-state index contributed by atoms with van der Waals surface area (Å²) in [6.45, 7) is 12.5. The molecule has 2 unspecified atom stereocenters. The van der Waals surface area contributed by atoms with Gasteiger partial charge in [0.25, 0.3) is 0 Å². The van der Waals surface area contributed by atoms with Gasteiger partial charge in [0.05, 0.1) is 29.6 Å². The lowest BCUT2D eigenvalue weighted by Crippen LogP contribution is -2.59. The van der Waals surface area contributed by atoms with Gasteiger partial charge in [-0.2, -0.15) is 0 Å². The van der Waals surface area contributed by atoms with E-state index in [0.717, 1.165) is 0 Å². The van der Waals surface area contributed by atoms with E-state index in [-0.39, 0.29) is 30.7 Å². The van der Waals surface area contributed by atoms with Crippen molar-refractivity contribution in [1.82, 2.24) is 4.90 Å². The number of oxime groups is 1. The van der Waals surface area contributed by atoms with Crippen LogP contribution >= 0.6 is 0 Å². The molecule has 5 N–H and O–H groups in total. The van der Waals surface area contributed by atoms with Gasteiger partial charge in [-0.15, -0.1) is 0 Å². The number of aliphatic hydroxyl groups excluding tert-OH is 2. The third kappa shape index (κ3) is 7.65. The van der Waals surface area contributed by atoms with Crippen molar-refractivity contribution >= 4 is 17.5 Å². The molecular formula is C29H52N2O10. The first-order valence-corrected chi connectivity index (χ1v) is 14.6. The molecule has 0 aromatic rings. The Labute approximate surface area is 243 Å². The number of cyclic esters (lactones) is 1. The summed E-state index contributed by atoms with van der Waals surface area (Å²) in [5, 5.41) is 58.8. The van der Waals surface area contributed by atoms with Crippen molar-refractivity contribution in [1.29, 1.82) is 0 Å². The molecule has 2 aliphatic rings. The van der Waals surface area contributed by atoms with Gasteiger partial charge in [0, 0.05) is 23.8 Å². The molecule has 2 heterocycles. The van der Waals surface area contributed by atoms with Gasteiger partial charge in [-0.1, -0.05) is 32.9 Å². The number of carbonyl (C=O) groups is 2. The highest BCUT2D eigenvalue weighted by Gasteiger charge is 2.50. The Morgan fingerprint density at radius 2 is 1.63 bits per heavy atom. The van der Waals surface area contributed by atoms with Crippen LogP contribution in [0.25, 0.3) is 0 Å². The van der Waals surface area contributed by atoms with Crippen LogP contribution in [0.3, 0.4) is 0 Å². The lowest BCUT2D eigenvalue weighted by Gasteiger charge is -2.46. The number of carbonyl (C=O) groups excluding carboxylic acids is 2. The zero-order chi connectivity index (χ0) is 31.6. The minimum atomic E-state index is -1.94. The van der Waals surface area contributed by atoms with E-state index >= 15 is 0 Å². The Hall–Kier alpha value is -1.67. The smallest absolute Gasteiger partial charge is 0.316 e. The Morgan fingerprint density at radius 1 is 1.05 bits per heavy atom. The molecule has 0 saturated carbocycles. The molecule has 0 aromatic carbocycles. The van der Waals surface area contributed by atoms with Crippen LogP contribution in [0.15, 0.2) is 5.16 Å². The lowest BCUT2D eigenvalue weighted by molar-refractivity contribution is -0.293. The Kier molecular flexibility index (Phi) is 11.9. The van der Waals surface area contributed by atoms with Crippen LogP contribution in [0, 0.1) is 23.7 Å². The highest BCUT2D eigenvalue weighted by molar-refractivity contribution is 6.00. The number of hydrogen-bond donors (Lipinski definition) is 5. The lowest BCUT2D eigenvalue weighted by atomic mass is 9.74. The van der Waals surface area contributed by atoms with Crippen LogP contribution in [0.5, 0.6) is 0 Å². The fourth-order valence-electron chi connectivity index (χ4n) is 6.46. The topological polar surface area (TPSA) is 179 Å². The molecule has 41 heavy (non-hydrogen) atoms. The van der Waals surface area contributed by atoms with Gasteiger partial charge in [-0.3, -0.25) is 9.59 Å². The minimum absolute atomic E-state index is 0.0839. The molecule has 2 rings (SSSR count). The summed E-state index contributed by atoms with van der Waals surface area (Å²) in [6, 6.07) is -0.305. The fraction of sp³-hybridized carbons (Fsp3) is 0.897. The molecule has 12 heteroatoms. The van der Waals surface area contributed by atoms with E-state index in [4.69, 9.17) is 14.2 Å². The second-order valence-electron chi connectivity index (χ2n) is 12.8. The largest absolute Gasteiger partial charge is 0.459 e. The number of hydrogen-bond acceptors (Lipinski definition) is 12. The third-order valence-electron chi connectivity index (χ3n) is 9.01. The Morgan fingerprint density at radius 3 is 2.15 bits per heavy atom. The van der Waals surface area contributed by atoms with E-state index in [0.29, 0.717) is 6.42 Å². The van der Waals surface area contributed by atoms with Crippen LogP contribution in [0.1, 0.15) is 74.7 Å². The summed E-state index contributed by atoms with van der Waals surface area (Å²) >= 11 is 0. The number of likely N-dealkylation sites (N-methyl/N-ethyl adjacent to an activating group) is 1. The summed E-state index contributed by atoms with van der Waals surface area (Å²) in [6.07, 6.45) is -5.90. The van der Waals surface area contributed by atoms with E-state index in [2.05, 4.69) is 5.16 Å². The van der Waals surface area contributed by atoms with Gasteiger partial charge in [0.2, 0.25) is 0 Å². The van der Waals surface area contributed by atoms with Crippen molar-refractivity contribution in [2.24, 2.45) is 28.8 Å².